The molecule has 0 bridgehead atoms. The van der Waals surface area contributed by atoms with Crippen molar-refractivity contribution in [3.63, 3.8) is 0 Å². The molecule has 0 amide bonds. The van der Waals surface area contributed by atoms with Crippen LogP contribution in [-0.2, 0) is 6.54 Å². The average Bonchev–Trinajstić information content (AvgIpc) is 2.78. The highest BCUT2D eigenvalue weighted by Gasteiger charge is 2.09. The van der Waals surface area contributed by atoms with Crippen molar-refractivity contribution in [1.29, 1.82) is 0 Å². The number of ether oxygens (including phenoxy) is 1. The van der Waals surface area contributed by atoms with Crippen LogP contribution in [0.3, 0.4) is 0 Å². The fourth-order valence-corrected chi connectivity index (χ4v) is 2.99. The number of anilines is 1. The van der Waals surface area contributed by atoms with Gasteiger partial charge in [-0.05, 0) is 28.1 Å². The molecule has 2 N–H and O–H groups in total. The molecular weight excluding hydrogens is 316 g/mol. The lowest BCUT2D eigenvalue weighted by Gasteiger charge is -2.11. The number of benzene rings is 2. The SMILES string of the molecule is COc1cc(N)ccc1Cn1cc(Br)c2ccccc21. The zero-order valence-electron chi connectivity index (χ0n) is 11.1. The lowest BCUT2D eigenvalue weighted by molar-refractivity contribution is 0.409. The smallest absolute Gasteiger partial charge is 0.125 e. The molecule has 0 saturated heterocycles. The highest BCUT2D eigenvalue weighted by Crippen LogP contribution is 2.29. The third kappa shape index (κ3) is 2.27. The first-order chi connectivity index (χ1) is 9.69. The van der Waals surface area contributed by atoms with Crippen LogP contribution < -0.4 is 10.5 Å². The van der Waals surface area contributed by atoms with E-state index >= 15 is 0 Å². The van der Waals surface area contributed by atoms with E-state index in [1.54, 1.807) is 7.11 Å². The summed E-state index contributed by atoms with van der Waals surface area (Å²) in [5.74, 6) is 0.818. The normalized spacial score (nSPS) is 10.9. The van der Waals surface area contributed by atoms with Gasteiger partial charge in [0, 0.05) is 38.9 Å². The lowest BCUT2D eigenvalue weighted by atomic mass is 10.1. The maximum absolute atomic E-state index is 5.80. The molecule has 1 aromatic heterocycles. The van der Waals surface area contributed by atoms with E-state index in [4.69, 9.17) is 10.5 Å². The van der Waals surface area contributed by atoms with Crippen LogP contribution in [0.1, 0.15) is 5.56 Å². The van der Waals surface area contributed by atoms with Crippen molar-refractivity contribution in [2.24, 2.45) is 0 Å². The second-order valence-corrected chi connectivity index (χ2v) is 5.55. The molecular formula is C16H15BrN2O. The van der Waals surface area contributed by atoms with Crippen molar-refractivity contribution in [3.8, 4) is 5.75 Å². The molecule has 20 heavy (non-hydrogen) atoms. The van der Waals surface area contributed by atoms with Gasteiger partial charge in [-0.1, -0.05) is 24.3 Å². The van der Waals surface area contributed by atoms with E-state index in [9.17, 15) is 0 Å². The number of methoxy groups -OCH3 is 1. The monoisotopic (exact) mass is 330 g/mol. The molecule has 3 aromatic rings. The molecule has 2 aromatic carbocycles. The number of aromatic nitrogens is 1. The minimum absolute atomic E-state index is 0.712. The number of nitrogens with zero attached hydrogens (tertiary/aromatic N) is 1. The van der Waals surface area contributed by atoms with E-state index in [0.717, 1.165) is 22.3 Å². The molecule has 0 atom stereocenters. The summed E-state index contributed by atoms with van der Waals surface area (Å²) >= 11 is 3.61. The predicted molar refractivity (Wildman–Crippen MR) is 86.1 cm³/mol. The van der Waals surface area contributed by atoms with Crippen LogP contribution in [0.2, 0.25) is 0 Å². The maximum atomic E-state index is 5.80. The van der Waals surface area contributed by atoms with Crippen molar-refractivity contribution >= 4 is 32.5 Å². The molecule has 0 aliphatic rings. The molecule has 3 rings (SSSR count). The Morgan fingerprint density at radius 3 is 2.80 bits per heavy atom. The van der Waals surface area contributed by atoms with Crippen molar-refractivity contribution < 1.29 is 4.74 Å². The Morgan fingerprint density at radius 2 is 2.00 bits per heavy atom. The van der Waals surface area contributed by atoms with Crippen molar-refractivity contribution in [2.75, 3.05) is 12.8 Å². The van der Waals surface area contributed by atoms with Crippen LogP contribution >= 0.6 is 15.9 Å². The van der Waals surface area contributed by atoms with E-state index in [0.29, 0.717) is 5.69 Å². The van der Waals surface area contributed by atoms with Gasteiger partial charge in [-0.15, -0.1) is 0 Å². The van der Waals surface area contributed by atoms with Crippen molar-refractivity contribution in [2.45, 2.75) is 6.54 Å². The minimum atomic E-state index is 0.712. The number of hydrogen-bond donors (Lipinski definition) is 1. The standard InChI is InChI=1S/C16H15BrN2O/c1-20-16-8-12(18)7-6-11(16)9-19-10-14(17)13-4-2-3-5-15(13)19/h2-8,10H,9,18H2,1H3. The van der Waals surface area contributed by atoms with Gasteiger partial charge in [0.05, 0.1) is 13.7 Å². The summed E-state index contributed by atoms with van der Waals surface area (Å²) in [6.07, 6.45) is 2.10. The summed E-state index contributed by atoms with van der Waals surface area (Å²) in [5, 5.41) is 1.21. The van der Waals surface area contributed by atoms with Gasteiger partial charge in [-0.25, -0.2) is 0 Å². The molecule has 0 aliphatic heterocycles. The Morgan fingerprint density at radius 1 is 1.20 bits per heavy atom. The molecule has 1 heterocycles. The fourth-order valence-electron chi connectivity index (χ4n) is 2.41. The number of nitrogen functional groups attached to an aromatic ring is 1. The third-order valence-corrected chi connectivity index (χ3v) is 4.02. The lowest BCUT2D eigenvalue weighted by Crippen LogP contribution is -2.01. The van der Waals surface area contributed by atoms with Crippen molar-refractivity contribution in [3.05, 3.63) is 58.7 Å². The predicted octanol–water partition coefficient (Wildman–Crippen LogP) is 4.04. The van der Waals surface area contributed by atoms with Gasteiger partial charge in [0.25, 0.3) is 0 Å². The maximum Gasteiger partial charge on any atom is 0.125 e. The van der Waals surface area contributed by atoms with Crippen LogP contribution in [0.4, 0.5) is 5.69 Å². The van der Waals surface area contributed by atoms with E-state index in [1.165, 1.54) is 10.9 Å². The summed E-state index contributed by atoms with van der Waals surface area (Å²) in [7, 11) is 1.67. The fraction of sp³-hybridized carbons (Fsp3) is 0.125. The quantitative estimate of drug-likeness (QED) is 0.736. The molecule has 0 saturated carbocycles. The molecule has 0 radical (unpaired) electrons. The highest BCUT2D eigenvalue weighted by atomic mass is 79.9. The first-order valence-corrected chi connectivity index (χ1v) is 7.14. The largest absolute Gasteiger partial charge is 0.496 e. The van der Waals surface area contributed by atoms with Gasteiger partial charge in [0.15, 0.2) is 0 Å². The summed E-state index contributed by atoms with van der Waals surface area (Å²) < 4.78 is 8.71. The number of nitrogens with two attached hydrogens (primary N) is 1. The Bertz CT molecular complexity index is 764. The van der Waals surface area contributed by atoms with Crippen LogP contribution in [0.15, 0.2) is 53.1 Å². The number of para-hydroxylation sites is 1. The Hall–Kier alpha value is -1.94. The second-order valence-electron chi connectivity index (χ2n) is 4.69. The number of hydrogen-bond acceptors (Lipinski definition) is 2. The molecule has 0 fully saturated rings. The summed E-state index contributed by atoms with van der Waals surface area (Å²) in [6.45, 7) is 0.746. The van der Waals surface area contributed by atoms with Crippen molar-refractivity contribution in [1.82, 2.24) is 4.57 Å². The summed E-state index contributed by atoms with van der Waals surface area (Å²) in [5.41, 5.74) is 8.81. The van der Waals surface area contributed by atoms with E-state index in [2.05, 4.69) is 38.8 Å². The van der Waals surface area contributed by atoms with Crippen LogP contribution in [0.5, 0.6) is 5.75 Å². The summed E-state index contributed by atoms with van der Waals surface area (Å²) in [4.78, 5) is 0. The van der Waals surface area contributed by atoms with Gasteiger partial charge in [-0.2, -0.15) is 0 Å². The second kappa shape index (κ2) is 5.21. The van der Waals surface area contributed by atoms with Crippen LogP contribution in [0, 0.1) is 0 Å². The number of halogens is 1. The minimum Gasteiger partial charge on any atom is -0.496 e. The first kappa shape index (κ1) is 13.1. The zero-order valence-corrected chi connectivity index (χ0v) is 12.7. The molecule has 4 heteroatoms. The summed E-state index contributed by atoms with van der Waals surface area (Å²) in [6, 6.07) is 14.1. The van der Waals surface area contributed by atoms with Gasteiger partial charge in [0.1, 0.15) is 5.75 Å². The van der Waals surface area contributed by atoms with Crippen LogP contribution in [-0.4, -0.2) is 11.7 Å². The van der Waals surface area contributed by atoms with Crippen LogP contribution in [0.25, 0.3) is 10.9 Å². The van der Waals surface area contributed by atoms with E-state index < -0.39 is 0 Å². The third-order valence-electron chi connectivity index (χ3n) is 3.39. The van der Waals surface area contributed by atoms with Gasteiger partial charge >= 0.3 is 0 Å². The first-order valence-electron chi connectivity index (χ1n) is 6.35. The molecule has 0 spiro atoms. The Balaban J connectivity index is 2.06. The topological polar surface area (TPSA) is 40.2 Å². The average molecular weight is 331 g/mol. The molecule has 102 valence electrons. The van der Waals surface area contributed by atoms with Gasteiger partial charge in [-0.3, -0.25) is 0 Å². The Kier molecular flexibility index (Phi) is 3.40. The van der Waals surface area contributed by atoms with Gasteiger partial charge < -0.3 is 15.0 Å². The Labute approximate surface area is 126 Å². The van der Waals surface area contributed by atoms with E-state index in [-0.39, 0.29) is 0 Å². The number of fused-ring (bicyclic) bond motifs is 1. The molecule has 0 unspecified atom stereocenters. The van der Waals surface area contributed by atoms with E-state index in [1.807, 2.05) is 30.3 Å². The highest BCUT2D eigenvalue weighted by molar-refractivity contribution is 9.10. The number of rotatable bonds is 3. The molecule has 0 aliphatic carbocycles. The van der Waals surface area contributed by atoms with Gasteiger partial charge in [0.2, 0.25) is 0 Å². The zero-order chi connectivity index (χ0) is 14.1. The molecule has 3 nitrogen and oxygen atoms in total.